The molecule has 0 aliphatic heterocycles. The number of aryl methyl sites for hydroxylation is 1. The molecule has 1 N–H and O–H groups in total. The van der Waals surface area contributed by atoms with Gasteiger partial charge < -0.3 is 0 Å². The van der Waals surface area contributed by atoms with Gasteiger partial charge in [0, 0.05) is 13.0 Å². The molecule has 0 unspecified atom stereocenters. The summed E-state index contributed by atoms with van der Waals surface area (Å²) in [7, 11) is 0. The molecule has 0 saturated heterocycles. The van der Waals surface area contributed by atoms with Crippen molar-refractivity contribution in [3.8, 4) is 0 Å². The first-order chi connectivity index (χ1) is 11.2. The predicted octanol–water partition coefficient (Wildman–Crippen LogP) is 3.12. The molecule has 3 rings (SSSR count). The molecule has 2 heterocycles. The summed E-state index contributed by atoms with van der Waals surface area (Å²) in [6.07, 6.45) is 0.800. The molecule has 0 bridgehead atoms. The van der Waals surface area contributed by atoms with Crippen molar-refractivity contribution in [2.45, 2.75) is 25.4 Å². The van der Waals surface area contributed by atoms with Gasteiger partial charge in [-0.3, -0.25) is 14.8 Å². The Labute approximate surface area is 142 Å². The Bertz CT molecular complexity index is 780. The Balaban J connectivity index is 1.70. The molecule has 0 spiro atoms. The normalized spacial score (nSPS) is 11.0. The van der Waals surface area contributed by atoms with Crippen LogP contribution in [0.25, 0.3) is 10.2 Å². The lowest BCUT2D eigenvalue weighted by atomic mass is 10.3. The molecule has 1 aromatic carbocycles. The fourth-order valence-electron chi connectivity index (χ4n) is 2.10. The molecule has 2 aromatic heterocycles. The van der Waals surface area contributed by atoms with E-state index in [1.54, 1.807) is 4.90 Å². The first kappa shape index (κ1) is 15.9. The van der Waals surface area contributed by atoms with Crippen molar-refractivity contribution in [1.82, 2.24) is 20.2 Å². The van der Waals surface area contributed by atoms with Crippen molar-refractivity contribution in [1.29, 1.82) is 0 Å². The Morgan fingerprint density at radius 1 is 1.30 bits per heavy atom. The summed E-state index contributed by atoms with van der Waals surface area (Å²) in [5, 5.41) is 8.30. The van der Waals surface area contributed by atoms with E-state index in [9.17, 15) is 4.79 Å². The molecule has 0 aliphatic rings. The van der Waals surface area contributed by atoms with Gasteiger partial charge in [-0.15, -0.1) is 5.10 Å². The fourth-order valence-corrected chi connectivity index (χ4v) is 3.84. The van der Waals surface area contributed by atoms with E-state index in [1.807, 2.05) is 38.1 Å². The molecule has 23 heavy (non-hydrogen) atoms. The fraction of sp³-hybridized carbons (Fsp3) is 0.333. The summed E-state index contributed by atoms with van der Waals surface area (Å²) < 4.78 is 1.09. The van der Waals surface area contributed by atoms with Crippen LogP contribution >= 0.6 is 23.1 Å². The molecule has 0 radical (unpaired) electrons. The van der Waals surface area contributed by atoms with Gasteiger partial charge in [-0.05, 0) is 19.1 Å². The van der Waals surface area contributed by atoms with E-state index in [0.29, 0.717) is 17.5 Å². The Morgan fingerprint density at radius 2 is 2.13 bits per heavy atom. The van der Waals surface area contributed by atoms with Crippen molar-refractivity contribution < 1.29 is 4.79 Å². The standard InChI is InChI=1S/C15H17N5OS2/c1-3-12-17-14(19-18-12)22-9-13(21)20(4-2)15-16-10-7-5-6-8-11(10)23-15/h5-8H,3-4,9H2,1-2H3,(H,17,18,19). The number of thiazole rings is 1. The van der Waals surface area contributed by atoms with Gasteiger partial charge in [0.1, 0.15) is 5.82 Å². The first-order valence-corrected chi connectivity index (χ1v) is 9.21. The SMILES string of the molecule is CCc1nc(SCC(=O)N(CC)c2nc3ccccc3s2)n[nH]1. The molecule has 6 nitrogen and oxygen atoms in total. The number of nitrogens with zero attached hydrogens (tertiary/aromatic N) is 4. The van der Waals surface area contributed by atoms with E-state index >= 15 is 0 Å². The highest BCUT2D eigenvalue weighted by atomic mass is 32.2. The minimum atomic E-state index is 0.0133. The smallest absolute Gasteiger partial charge is 0.239 e. The van der Waals surface area contributed by atoms with E-state index in [0.717, 1.165) is 27.6 Å². The third kappa shape index (κ3) is 3.53. The number of fused-ring (bicyclic) bond motifs is 1. The van der Waals surface area contributed by atoms with Crippen LogP contribution in [0.15, 0.2) is 29.4 Å². The maximum atomic E-state index is 12.5. The highest BCUT2D eigenvalue weighted by molar-refractivity contribution is 7.99. The summed E-state index contributed by atoms with van der Waals surface area (Å²) in [4.78, 5) is 23.1. The number of rotatable bonds is 6. The zero-order valence-electron chi connectivity index (χ0n) is 12.9. The van der Waals surface area contributed by atoms with Crippen LogP contribution in [-0.2, 0) is 11.2 Å². The third-order valence-corrected chi connectivity index (χ3v) is 5.19. The molecule has 120 valence electrons. The molecule has 3 aromatic rings. The van der Waals surface area contributed by atoms with E-state index in [1.165, 1.54) is 23.1 Å². The van der Waals surface area contributed by atoms with Crippen molar-refractivity contribution in [2.75, 3.05) is 17.2 Å². The lowest BCUT2D eigenvalue weighted by Crippen LogP contribution is -2.32. The molecule has 0 atom stereocenters. The summed E-state index contributed by atoms with van der Waals surface area (Å²) in [6, 6.07) is 7.91. The van der Waals surface area contributed by atoms with Crippen LogP contribution in [0.1, 0.15) is 19.7 Å². The number of carbonyl (C=O) groups excluding carboxylic acids is 1. The van der Waals surface area contributed by atoms with Gasteiger partial charge in [0.2, 0.25) is 11.1 Å². The van der Waals surface area contributed by atoms with E-state index in [4.69, 9.17) is 0 Å². The molecule has 0 aliphatic carbocycles. The van der Waals surface area contributed by atoms with Gasteiger partial charge in [0.05, 0.1) is 16.0 Å². The van der Waals surface area contributed by atoms with E-state index in [2.05, 4.69) is 20.2 Å². The number of thioether (sulfide) groups is 1. The molecule has 0 saturated carbocycles. The quantitative estimate of drug-likeness (QED) is 0.694. The van der Waals surface area contributed by atoms with Crippen LogP contribution in [0.5, 0.6) is 0 Å². The number of H-pyrrole nitrogens is 1. The summed E-state index contributed by atoms with van der Waals surface area (Å²) in [5.74, 6) is 1.14. The lowest BCUT2D eigenvalue weighted by molar-refractivity contribution is -0.116. The summed E-state index contributed by atoms with van der Waals surface area (Å²) >= 11 is 2.88. The number of carbonyl (C=O) groups is 1. The number of aromatic amines is 1. The van der Waals surface area contributed by atoms with Crippen LogP contribution < -0.4 is 4.90 Å². The number of nitrogens with one attached hydrogen (secondary N) is 1. The number of benzene rings is 1. The highest BCUT2D eigenvalue weighted by Gasteiger charge is 2.18. The monoisotopic (exact) mass is 347 g/mol. The Hall–Kier alpha value is -1.93. The molecule has 1 amide bonds. The highest BCUT2D eigenvalue weighted by Crippen LogP contribution is 2.29. The van der Waals surface area contributed by atoms with Gasteiger partial charge in [0.15, 0.2) is 5.13 Å². The van der Waals surface area contributed by atoms with Crippen LogP contribution in [-0.4, -0.2) is 38.4 Å². The number of anilines is 1. The van der Waals surface area contributed by atoms with Crippen LogP contribution in [0.3, 0.4) is 0 Å². The second-order valence-electron chi connectivity index (χ2n) is 4.81. The average molecular weight is 347 g/mol. The zero-order valence-corrected chi connectivity index (χ0v) is 14.6. The lowest BCUT2D eigenvalue weighted by Gasteiger charge is -2.16. The van der Waals surface area contributed by atoms with Crippen LogP contribution in [0, 0.1) is 0 Å². The number of para-hydroxylation sites is 1. The van der Waals surface area contributed by atoms with Gasteiger partial charge >= 0.3 is 0 Å². The van der Waals surface area contributed by atoms with E-state index in [-0.39, 0.29) is 5.91 Å². The van der Waals surface area contributed by atoms with Crippen molar-refractivity contribution in [3.05, 3.63) is 30.1 Å². The number of aromatic nitrogens is 4. The van der Waals surface area contributed by atoms with Gasteiger partial charge in [0.25, 0.3) is 0 Å². The first-order valence-electron chi connectivity index (χ1n) is 7.41. The molecular weight excluding hydrogens is 330 g/mol. The number of hydrogen-bond acceptors (Lipinski definition) is 6. The maximum Gasteiger partial charge on any atom is 0.239 e. The molecule has 0 fully saturated rings. The van der Waals surface area contributed by atoms with Gasteiger partial charge in [-0.1, -0.05) is 42.2 Å². The third-order valence-electron chi connectivity index (χ3n) is 3.30. The summed E-state index contributed by atoms with van der Waals surface area (Å²) in [5.41, 5.74) is 0.924. The second kappa shape index (κ2) is 7.10. The van der Waals surface area contributed by atoms with Crippen LogP contribution in [0.4, 0.5) is 5.13 Å². The molecule has 8 heteroatoms. The zero-order chi connectivity index (χ0) is 16.2. The minimum Gasteiger partial charge on any atom is -0.288 e. The molecular formula is C15H17N5OS2. The van der Waals surface area contributed by atoms with Crippen molar-refractivity contribution in [2.24, 2.45) is 0 Å². The van der Waals surface area contributed by atoms with Crippen molar-refractivity contribution in [3.63, 3.8) is 0 Å². The second-order valence-corrected chi connectivity index (χ2v) is 6.76. The Morgan fingerprint density at radius 3 is 2.83 bits per heavy atom. The largest absolute Gasteiger partial charge is 0.288 e. The summed E-state index contributed by atoms with van der Waals surface area (Å²) in [6.45, 7) is 4.55. The average Bonchev–Trinajstić information content (AvgIpc) is 3.20. The predicted molar refractivity (Wildman–Crippen MR) is 94.1 cm³/mol. The van der Waals surface area contributed by atoms with Gasteiger partial charge in [-0.25, -0.2) is 9.97 Å². The number of hydrogen-bond donors (Lipinski definition) is 1. The van der Waals surface area contributed by atoms with Crippen LogP contribution in [0.2, 0.25) is 0 Å². The topological polar surface area (TPSA) is 74.8 Å². The van der Waals surface area contributed by atoms with Crippen molar-refractivity contribution >= 4 is 44.4 Å². The maximum absolute atomic E-state index is 12.5. The van der Waals surface area contributed by atoms with Gasteiger partial charge in [-0.2, -0.15) is 0 Å². The van der Waals surface area contributed by atoms with E-state index < -0.39 is 0 Å². The Kier molecular flexibility index (Phi) is 4.92. The minimum absolute atomic E-state index is 0.0133. The number of amides is 1.